The minimum absolute atomic E-state index is 0.0299. The van der Waals surface area contributed by atoms with E-state index >= 15 is 0 Å². The maximum Gasteiger partial charge on any atom is 0.323 e. The quantitative estimate of drug-likeness (QED) is 0.693. The molecule has 3 unspecified atom stereocenters. The monoisotopic (exact) mass is 241 g/mol. The van der Waals surface area contributed by atoms with Gasteiger partial charge in [-0.25, -0.2) is 0 Å². The summed E-state index contributed by atoms with van der Waals surface area (Å²) >= 11 is 0. The average Bonchev–Trinajstić information content (AvgIpc) is 2.30. The van der Waals surface area contributed by atoms with Crippen molar-refractivity contribution < 1.29 is 9.53 Å². The Bertz CT molecular complexity index is 242. The molecule has 0 aromatic heterocycles. The SMILES string of the molecule is CCCC(C(=O)OCC)N1CC(C)CCC1C. The fourth-order valence-corrected chi connectivity index (χ4v) is 2.69. The third-order valence-corrected chi connectivity index (χ3v) is 3.69. The van der Waals surface area contributed by atoms with Crippen molar-refractivity contribution in [1.29, 1.82) is 0 Å². The van der Waals surface area contributed by atoms with E-state index in [9.17, 15) is 4.79 Å². The van der Waals surface area contributed by atoms with E-state index in [0.717, 1.165) is 19.4 Å². The molecular formula is C14H27NO2. The van der Waals surface area contributed by atoms with Gasteiger partial charge in [-0.3, -0.25) is 9.69 Å². The van der Waals surface area contributed by atoms with Crippen LogP contribution in [0.25, 0.3) is 0 Å². The van der Waals surface area contributed by atoms with Crippen LogP contribution in [0.3, 0.4) is 0 Å². The second-order valence-corrected chi connectivity index (χ2v) is 5.28. The molecule has 0 radical (unpaired) electrons. The number of carbonyl (C=O) groups is 1. The molecule has 0 aliphatic carbocycles. The van der Waals surface area contributed by atoms with Crippen molar-refractivity contribution in [3.05, 3.63) is 0 Å². The summed E-state index contributed by atoms with van der Waals surface area (Å²) < 4.78 is 5.21. The van der Waals surface area contributed by atoms with E-state index in [0.29, 0.717) is 18.6 Å². The number of carbonyl (C=O) groups excluding carboxylic acids is 1. The number of ether oxygens (including phenoxy) is 1. The summed E-state index contributed by atoms with van der Waals surface area (Å²) in [5, 5.41) is 0. The second kappa shape index (κ2) is 7.00. The maximum atomic E-state index is 12.0. The van der Waals surface area contributed by atoms with Gasteiger partial charge in [0, 0.05) is 12.6 Å². The van der Waals surface area contributed by atoms with Crippen molar-refractivity contribution in [2.75, 3.05) is 13.2 Å². The highest BCUT2D eigenvalue weighted by atomic mass is 16.5. The number of rotatable bonds is 5. The third kappa shape index (κ3) is 3.98. The normalized spacial score (nSPS) is 27.8. The van der Waals surface area contributed by atoms with Crippen molar-refractivity contribution in [2.24, 2.45) is 5.92 Å². The first kappa shape index (κ1) is 14.5. The highest BCUT2D eigenvalue weighted by Gasteiger charge is 2.33. The Balaban J connectivity index is 2.69. The number of nitrogens with zero attached hydrogens (tertiary/aromatic N) is 1. The second-order valence-electron chi connectivity index (χ2n) is 5.28. The molecule has 100 valence electrons. The van der Waals surface area contributed by atoms with Crippen LogP contribution in [0.15, 0.2) is 0 Å². The zero-order valence-corrected chi connectivity index (χ0v) is 11.7. The van der Waals surface area contributed by atoms with E-state index in [4.69, 9.17) is 4.74 Å². The minimum Gasteiger partial charge on any atom is -0.465 e. The Hall–Kier alpha value is -0.570. The number of piperidine rings is 1. The summed E-state index contributed by atoms with van der Waals surface area (Å²) in [6.07, 6.45) is 4.41. The third-order valence-electron chi connectivity index (χ3n) is 3.69. The fourth-order valence-electron chi connectivity index (χ4n) is 2.69. The van der Waals surface area contributed by atoms with Gasteiger partial charge in [-0.1, -0.05) is 20.3 Å². The van der Waals surface area contributed by atoms with Gasteiger partial charge in [-0.05, 0) is 39.0 Å². The molecule has 0 aromatic carbocycles. The van der Waals surface area contributed by atoms with Crippen molar-refractivity contribution in [3.8, 4) is 0 Å². The molecule has 0 N–H and O–H groups in total. The number of likely N-dealkylation sites (tertiary alicyclic amines) is 1. The van der Waals surface area contributed by atoms with Crippen LogP contribution in [0, 0.1) is 5.92 Å². The van der Waals surface area contributed by atoms with Crippen LogP contribution in [0.5, 0.6) is 0 Å². The molecule has 3 atom stereocenters. The Labute approximate surface area is 106 Å². The van der Waals surface area contributed by atoms with Gasteiger partial charge in [0.1, 0.15) is 6.04 Å². The highest BCUT2D eigenvalue weighted by Crippen LogP contribution is 2.25. The number of hydrogen-bond donors (Lipinski definition) is 0. The summed E-state index contributed by atoms with van der Waals surface area (Å²) in [4.78, 5) is 14.4. The van der Waals surface area contributed by atoms with Crippen LogP contribution < -0.4 is 0 Å². The highest BCUT2D eigenvalue weighted by molar-refractivity contribution is 5.75. The Morgan fingerprint density at radius 2 is 2.06 bits per heavy atom. The number of hydrogen-bond acceptors (Lipinski definition) is 3. The van der Waals surface area contributed by atoms with Gasteiger partial charge in [-0.2, -0.15) is 0 Å². The van der Waals surface area contributed by atoms with Gasteiger partial charge >= 0.3 is 5.97 Å². The van der Waals surface area contributed by atoms with E-state index in [2.05, 4.69) is 25.7 Å². The lowest BCUT2D eigenvalue weighted by molar-refractivity contribution is -0.152. The predicted octanol–water partition coefficient (Wildman–Crippen LogP) is 2.84. The zero-order valence-electron chi connectivity index (χ0n) is 11.7. The van der Waals surface area contributed by atoms with Crippen LogP contribution in [0.2, 0.25) is 0 Å². The summed E-state index contributed by atoms with van der Waals surface area (Å²) in [6, 6.07) is 0.477. The van der Waals surface area contributed by atoms with Crippen LogP contribution in [-0.4, -0.2) is 36.1 Å². The average molecular weight is 241 g/mol. The lowest BCUT2D eigenvalue weighted by Crippen LogP contribution is -2.51. The molecule has 0 spiro atoms. The fraction of sp³-hybridized carbons (Fsp3) is 0.929. The molecule has 1 fully saturated rings. The lowest BCUT2D eigenvalue weighted by atomic mass is 9.92. The van der Waals surface area contributed by atoms with E-state index in [1.54, 1.807) is 0 Å². The van der Waals surface area contributed by atoms with E-state index < -0.39 is 0 Å². The van der Waals surface area contributed by atoms with Crippen LogP contribution in [-0.2, 0) is 9.53 Å². The molecule has 1 aliphatic heterocycles. The first-order valence-corrected chi connectivity index (χ1v) is 7.02. The van der Waals surface area contributed by atoms with E-state index in [1.807, 2.05) is 6.92 Å². The van der Waals surface area contributed by atoms with Gasteiger partial charge in [0.25, 0.3) is 0 Å². The summed E-state index contributed by atoms with van der Waals surface area (Å²) in [6.45, 7) is 10.0. The molecule has 0 bridgehead atoms. The van der Waals surface area contributed by atoms with Crippen molar-refractivity contribution in [2.45, 2.75) is 65.5 Å². The Morgan fingerprint density at radius 3 is 2.65 bits per heavy atom. The van der Waals surface area contributed by atoms with Crippen molar-refractivity contribution in [1.82, 2.24) is 4.90 Å². The van der Waals surface area contributed by atoms with Crippen molar-refractivity contribution >= 4 is 5.97 Å². The van der Waals surface area contributed by atoms with E-state index in [-0.39, 0.29) is 12.0 Å². The predicted molar refractivity (Wildman–Crippen MR) is 69.9 cm³/mol. The van der Waals surface area contributed by atoms with Gasteiger partial charge in [-0.15, -0.1) is 0 Å². The molecule has 0 saturated carbocycles. The number of esters is 1. The first-order chi connectivity index (χ1) is 8.10. The molecule has 17 heavy (non-hydrogen) atoms. The van der Waals surface area contributed by atoms with Crippen molar-refractivity contribution in [3.63, 3.8) is 0 Å². The van der Waals surface area contributed by atoms with Gasteiger partial charge in [0.05, 0.1) is 6.61 Å². The topological polar surface area (TPSA) is 29.5 Å². The minimum atomic E-state index is -0.0321. The molecule has 3 nitrogen and oxygen atoms in total. The Morgan fingerprint density at radius 1 is 1.35 bits per heavy atom. The van der Waals surface area contributed by atoms with E-state index in [1.165, 1.54) is 12.8 Å². The molecule has 1 aliphatic rings. The smallest absolute Gasteiger partial charge is 0.323 e. The standard InChI is InChI=1S/C14H27NO2/c1-5-7-13(14(16)17-6-2)15-10-11(3)8-9-12(15)4/h11-13H,5-10H2,1-4H3. The molecule has 3 heteroatoms. The zero-order chi connectivity index (χ0) is 12.8. The molecule has 1 heterocycles. The summed E-state index contributed by atoms with van der Waals surface area (Å²) in [7, 11) is 0. The summed E-state index contributed by atoms with van der Waals surface area (Å²) in [5.41, 5.74) is 0. The van der Waals surface area contributed by atoms with Crippen LogP contribution in [0.4, 0.5) is 0 Å². The molecule has 1 rings (SSSR count). The van der Waals surface area contributed by atoms with Crippen LogP contribution in [0.1, 0.15) is 53.4 Å². The van der Waals surface area contributed by atoms with Gasteiger partial charge < -0.3 is 4.74 Å². The Kier molecular flexibility index (Phi) is 5.96. The van der Waals surface area contributed by atoms with Crippen LogP contribution >= 0.6 is 0 Å². The summed E-state index contributed by atoms with van der Waals surface area (Å²) in [5.74, 6) is 0.662. The molecule has 0 aromatic rings. The molecule has 0 amide bonds. The molecule has 1 saturated heterocycles. The largest absolute Gasteiger partial charge is 0.465 e. The van der Waals surface area contributed by atoms with Gasteiger partial charge in [0.15, 0.2) is 0 Å². The molecular weight excluding hydrogens is 214 g/mol. The maximum absolute atomic E-state index is 12.0. The first-order valence-electron chi connectivity index (χ1n) is 7.02. The lowest BCUT2D eigenvalue weighted by Gasteiger charge is -2.40. The van der Waals surface area contributed by atoms with Gasteiger partial charge in [0.2, 0.25) is 0 Å².